The number of carbonyl (C=O) groups excluding carboxylic acids is 2. The molecule has 0 saturated carbocycles. The van der Waals surface area contributed by atoms with Crippen LogP contribution in [0.1, 0.15) is 31.8 Å². The Hall–Kier alpha value is -3.40. The number of benzene rings is 3. The molecule has 3 aromatic carbocycles. The molecule has 8 nitrogen and oxygen atoms in total. The molecule has 2 aliphatic rings. The first-order chi connectivity index (χ1) is 17.5. The van der Waals surface area contributed by atoms with Gasteiger partial charge in [0.1, 0.15) is 24.4 Å². The maximum Gasteiger partial charge on any atom is 0.262 e. The van der Waals surface area contributed by atoms with Gasteiger partial charge in [0.05, 0.1) is 30.9 Å². The van der Waals surface area contributed by atoms with Gasteiger partial charge in [-0.25, -0.2) is 0 Å². The summed E-state index contributed by atoms with van der Waals surface area (Å²) in [6, 6.07) is 24.0. The van der Waals surface area contributed by atoms with E-state index in [1.54, 1.807) is 24.3 Å². The number of imide groups is 1. The van der Waals surface area contributed by atoms with Crippen molar-refractivity contribution >= 4 is 11.8 Å². The predicted molar refractivity (Wildman–Crippen MR) is 129 cm³/mol. The first kappa shape index (κ1) is 24.3. The number of carbonyl (C=O) groups is 2. The van der Waals surface area contributed by atoms with Gasteiger partial charge in [-0.05, 0) is 23.3 Å². The van der Waals surface area contributed by atoms with E-state index in [1.807, 2.05) is 60.7 Å². The number of aliphatic hydroxyl groups excluding tert-OH is 2. The van der Waals surface area contributed by atoms with Crippen LogP contribution in [0.15, 0.2) is 84.9 Å². The number of rotatable bonds is 8. The lowest BCUT2D eigenvalue weighted by molar-refractivity contribution is -0.276. The van der Waals surface area contributed by atoms with Gasteiger partial charge in [-0.2, -0.15) is 0 Å². The van der Waals surface area contributed by atoms with E-state index in [4.69, 9.17) is 14.2 Å². The fourth-order valence-corrected chi connectivity index (χ4v) is 4.64. The normalized spacial score (nSPS) is 25.7. The monoisotopic (exact) mass is 489 g/mol. The van der Waals surface area contributed by atoms with Crippen LogP contribution in [0.4, 0.5) is 0 Å². The van der Waals surface area contributed by atoms with Crippen LogP contribution in [0, 0.1) is 0 Å². The summed E-state index contributed by atoms with van der Waals surface area (Å²) < 4.78 is 17.5. The summed E-state index contributed by atoms with van der Waals surface area (Å²) >= 11 is 0. The third-order valence-corrected chi connectivity index (χ3v) is 6.46. The van der Waals surface area contributed by atoms with E-state index in [9.17, 15) is 19.8 Å². The molecule has 2 heterocycles. The Bertz CT molecular complexity index is 1170. The van der Waals surface area contributed by atoms with Crippen molar-refractivity contribution in [3.05, 3.63) is 107 Å². The minimum absolute atomic E-state index is 0.0207. The first-order valence-corrected chi connectivity index (χ1v) is 11.8. The highest BCUT2D eigenvalue weighted by atomic mass is 16.6. The molecule has 8 heteroatoms. The Morgan fingerprint density at radius 2 is 1.28 bits per heavy atom. The maximum atomic E-state index is 13.2. The second kappa shape index (κ2) is 10.7. The van der Waals surface area contributed by atoms with Crippen LogP contribution >= 0.6 is 0 Å². The number of fused-ring (bicyclic) bond motifs is 1. The van der Waals surface area contributed by atoms with Crippen molar-refractivity contribution in [1.82, 2.24) is 4.90 Å². The zero-order valence-electron chi connectivity index (χ0n) is 19.5. The number of hydrogen-bond donors (Lipinski definition) is 2. The SMILES string of the molecule is O=C1c2ccccc2C(=O)N1[C@@H]1[C@@H](OCc2ccccc2)[C@H](O)[C@@H](COCc2ccccc2)O[C@H]1O. The average molecular weight is 490 g/mol. The zero-order valence-corrected chi connectivity index (χ0v) is 19.5. The maximum absolute atomic E-state index is 13.2. The van der Waals surface area contributed by atoms with Crippen molar-refractivity contribution in [2.24, 2.45) is 0 Å². The van der Waals surface area contributed by atoms with Crippen molar-refractivity contribution < 1.29 is 34.0 Å². The Morgan fingerprint density at radius 3 is 1.86 bits per heavy atom. The van der Waals surface area contributed by atoms with Crippen LogP contribution in [0.3, 0.4) is 0 Å². The molecule has 0 spiro atoms. The number of nitrogens with zero attached hydrogens (tertiary/aromatic N) is 1. The lowest BCUT2D eigenvalue weighted by Crippen LogP contribution is -2.66. The lowest BCUT2D eigenvalue weighted by atomic mass is 9.95. The minimum Gasteiger partial charge on any atom is -0.388 e. The third-order valence-electron chi connectivity index (χ3n) is 6.46. The topological polar surface area (TPSA) is 106 Å². The van der Waals surface area contributed by atoms with E-state index in [-0.39, 0.29) is 24.3 Å². The highest BCUT2D eigenvalue weighted by Crippen LogP contribution is 2.33. The van der Waals surface area contributed by atoms with Crippen molar-refractivity contribution in [3.63, 3.8) is 0 Å². The molecule has 0 radical (unpaired) electrons. The Morgan fingerprint density at radius 1 is 0.750 bits per heavy atom. The molecular weight excluding hydrogens is 462 g/mol. The van der Waals surface area contributed by atoms with Gasteiger partial charge >= 0.3 is 0 Å². The van der Waals surface area contributed by atoms with Crippen LogP contribution in [0.5, 0.6) is 0 Å². The highest BCUT2D eigenvalue weighted by molar-refractivity contribution is 6.21. The number of hydrogen-bond acceptors (Lipinski definition) is 7. The number of aliphatic hydroxyl groups is 2. The van der Waals surface area contributed by atoms with Crippen molar-refractivity contribution in [2.75, 3.05) is 6.61 Å². The largest absolute Gasteiger partial charge is 0.388 e. The molecule has 36 heavy (non-hydrogen) atoms. The number of ether oxygens (including phenoxy) is 3. The molecule has 1 saturated heterocycles. The molecule has 2 amide bonds. The summed E-state index contributed by atoms with van der Waals surface area (Å²) in [6.45, 7) is 0.376. The summed E-state index contributed by atoms with van der Waals surface area (Å²) in [4.78, 5) is 27.3. The van der Waals surface area contributed by atoms with Gasteiger partial charge in [0, 0.05) is 0 Å². The standard InChI is InChI=1S/C28H27NO7/c30-24-22(17-34-15-18-9-3-1-4-10-18)36-28(33)23(25(24)35-16-19-11-5-2-6-12-19)29-26(31)20-13-7-8-14-21(20)27(29)32/h1-14,22-25,28,30,33H,15-17H2/t22-,23-,24-,25-,28-/m1/s1. The molecule has 5 rings (SSSR count). The van der Waals surface area contributed by atoms with Crippen LogP contribution in [0.25, 0.3) is 0 Å². The molecule has 0 aliphatic carbocycles. The molecule has 1 fully saturated rings. The highest BCUT2D eigenvalue weighted by Gasteiger charge is 2.53. The van der Waals surface area contributed by atoms with Crippen molar-refractivity contribution in [3.8, 4) is 0 Å². The second-order valence-corrected chi connectivity index (χ2v) is 8.83. The molecular formula is C28H27NO7. The lowest BCUT2D eigenvalue weighted by Gasteiger charge is -2.45. The van der Waals surface area contributed by atoms with Crippen LogP contribution in [-0.4, -0.2) is 64.2 Å². The fourth-order valence-electron chi connectivity index (χ4n) is 4.64. The molecule has 2 aliphatic heterocycles. The zero-order chi connectivity index (χ0) is 25.1. The summed E-state index contributed by atoms with van der Waals surface area (Å²) in [6.07, 6.45) is -4.90. The summed E-state index contributed by atoms with van der Waals surface area (Å²) in [5.74, 6) is -1.13. The van der Waals surface area contributed by atoms with E-state index in [0.717, 1.165) is 16.0 Å². The molecule has 3 aromatic rings. The Kier molecular flexibility index (Phi) is 7.22. The van der Waals surface area contributed by atoms with Crippen molar-refractivity contribution in [2.45, 2.75) is 43.9 Å². The first-order valence-electron chi connectivity index (χ1n) is 11.8. The molecule has 2 N–H and O–H groups in total. The van der Waals surface area contributed by atoms with Gasteiger partial charge in [0.2, 0.25) is 0 Å². The van der Waals surface area contributed by atoms with Gasteiger partial charge < -0.3 is 24.4 Å². The van der Waals surface area contributed by atoms with Gasteiger partial charge in [-0.3, -0.25) is 14.5 Å². The minimum atomic E-state index is -1.58. The molecule has 0 bridgehead atoms. The van der Waals surface area contributed by atoms with E-state index < -0.39 is 42.5 Å². The third kappa shape index (κ3) is 4.82. The van der Waals surface area contributed by atoms with E-state index in [2.05, 4.69) is 0 Å². The number of amides is 2. The van der Waals surface area contributed by atoms with Crippen LogP contribution < -0.4 is 0 Å². The quantitative estimate of drug-likeness (QED) is 0.469. The Labute approximate surface area is 208 Å². The Balaban J connectivity index is 1.37. The summed E-state index contributed by atoms with van der Waals surface area (Å²) in [5.41, 5.74) is 2.26. The van der Waals surface area contributed by atoms with Crippen LogP contribution in [-0.2, 0) is 27.4 Å². The van der Waals surface area contributed by atoms with E-state index >= 15 is 0 Å². The molecule has 5 atom stereocenters. The van der Waals surface area contributed by atoms with Crippen LogP contribution in [0.2, 0.25) is 0 Å². The van der Waals surface area contributed by atoms with Gasteiger partial charge in [-0.1, -0.05) is 72.8 Å². The molecule has 186 valence electrons. The fraction of sp³-hybridized carbons (Fsp3) is 0.286. The van der Waals surface area contributed by atoms with Crippen molar-refractivity contribution in [1.29, 1.82) is 0 Å². The van der Waals surface area contributed by atoms with Gasteiger partial charge in [0.15, 0.2) is 6.29 Å². The second-order valence-electron chi connectivity index (χ2n) is 8.83. The summed E-state index contributed by atoms with van der Waals surface area (Å²) in [7, 11) is 0. The smallest absolute Gasteiger partial charge is 0.262 e. The molecule has 0 unspecified atom stereocenters. The molecule has 0 aromatic heterocycles. The van der Waals surface area contributed by atoms with Gasteiger partial charge in [-0.15, -0.1) is 0 Å². The van der Waals surface area contributed by atoms with E-state index in [1.165, 1.54) is 0 Å². The summed E-state index contributed by atoms with van der Waals surface area (Å²) in [5, 5.41) is 22.3. The average Bonchev–Trinajstić information content (AvgIpc) is 3.16. The van der Waals surface area contributed by atoms with Gasteiger partial charge in [0.25, 0.3) is 11.8 Å². The predicted octanol–water partition coefficient (Wildman–Crippen LogP) is 2.53. The van der Waals surface area contributed by atoms with E-state index in [0.29, 0.717) is 6.61 Å².